The summed E-state index contributed by atoms with van der Waals surface area (Å²) < 4.78 is 16.9. The van der Waals surface area contributed by atoms with Crippen molar-refractivity contribution in [3.63, 3.8) is 0 Å². The highest BCUT2D eigenvalue weighted by molar-refractivity contribution is 5.88. The van der Waals surface area contributed by atoms with Gasteiger partial charge in [-0.1, -0.05) is 6.07 Å². The van der Waals surface area contributed by atoms with Gasteiger partial charge in [-0.2, -0.15) is 0 Å². The highest BCUT2D eigenvalue weighted by Crippen LogP contribution is 2.55. The summed E-state index contributed by atoms with van der Waals surface area (Å²) in [4.78, 5) is 0. The molecule has 2 aromatic rings. The van der Waals surface area contributed by atoms with Crippen LogP contribution in [0, 0.1) is 0 Å². The molecule has 0 saturated heterocycles. The highest BCUT2D eigenvalue weighted by Gasteiger charge is 2.37. The Morgan fingerprint density at radius 1 is 1.22 bits per heavy atom. The number of phenolic OH excluding ortho intramolecular Hbond substituents is 1. The molecule has 0 unspecified atom stereocenters. The molecule has 0 saturated carbocycles. The molecule has 0 amide bonds. The molecule has 1 aliphatic carbocycles. The standard InChI is InChI=1S/C18H17NO4/c1-21-17-12(20)3-2-9-6-11-14-10(4-5-19-11)7-13-18(23-8-22-13)16(14)15(9)17/h2-3,7,11,19-20H,4-6,8H2,1H3/t11-/m1/s1. The van der Waals surface area contributed by atoms with Gasteiger partial charge in [0.1, 0.15) is 0 Å². The number of phenols is 1. The van der Waals surface area contributed by atoms with Crippen LogP contribution in [-0.2, 0) is 12.8 Å². The maximum absolute atomic E-state index is 10.2. The van der Waals surface area contributed by atoms with Crippen LogP contribution in [0.2, 0.25) is 0 Å². The average Bonchev–Trinajstić information content (AvgIpc) is 3.03. The Kier molecular flexibility index (Phi) is 2.59. The lowest BCUT2D eigenvalue weighted by atomic mass is 9.77. The van der Waals surface area contributed by atoms with Crippen LogP contribution in [0.1, 0.15) is 22.7 Å². The quantitative estimate of drug-likeness (QED) is 0.847. The molecule has 2 N–H and O–H groups in total. The zero-order valence-corrected chi connectivity index (χ0v) is 12.8. The molecular weight excluding hydrogens is 294 g/mol. The number of rotatable bonds is 1. The summed E-state index contributed by atoms with van der Waals surface area (Å²) >= 11 is 0. The molecule has 0 spiro atoms. The molecule has 3 aliphatic rings. The van der Waals surface area contributed by atoms with Crippen molar-refractivity contribution >= 4 is 0 Å². The van der Waals surface area contributed by atoms with Gasteiger partial charge in [-0.05, 0) is 48.2 Å². The van der Waals surface area contributed by atoms with E-state index in [4.69, 9.17) is 14.2 Å². The Labute approximate surface area is 133 Å². The van der Waals surface area contributed by atoms with Gasteiger partial charge >= 0.3 is 0 Å². The highest BCUT2D eigenvalue weighted by atomic mass is 16.7. The van der Waals surface area contributed by atoms with E-state index < -0.39 is 0 Å². The maximum atomic E-state index is 10.2. The van der Waals surface area contributed by atoms with E-state index in [0.717, 1.165) is 47.6 Å². The molecule has 0 bridgehead atoms. The molecule has 0 fully saturated rings. The Balaban J connectivity index is 1.91. The molecule has 118 valence electrons. The van der Waals surface area contributed by atoms with Gasteiger partial charge in [0.2, 0.25) is 6.79 Å². The van der Waals surface area contributed by atoms with Crippen molar-refractivity contribution in [2.75, 3.05) is 20.4 Å². The molecule has 2 aliphatic heterocycles. The van der Waals surface area contributed by atoms with Gasteiger partial charge in [-0.25, -0.2) is 0 Å². The predicted octanol–water partition coefficient (Wildman–Crippen LogP) is 2.54. The van der Waals surface area contributed by atoms with Gasteiger partial charge in [0.15, 0.2) is 23.0 Å². The summed E-state index contributed by atoms with van der Waals surface area (Å²) in [6.45, 7) is 1.20. The molecule has 2 heterocycles. The topological polar surface area (TPSA) is 60.0 Å². The Morgan fingerprint density at radius 3 is 3.00 bits per heavy atom. The van der Waals surface area contributed by atoms with Crippen LogP contribution in [-0.4, -0.2) is 25.6 Å². The Hall–Kier alpha value is -2.40. The van der Waals surface area contributed by atoms with Crippen molar-refractivity contribution in [3.05, 3.63) is 34.9 Å². The van der Waals surface area contributed by atoms with Gasteiger partial charge in [0.05, 0.1) is 7.11 Å². The first-order valence-electron chi connectivity index (χ1n) is 7.86. The first-order valence-corrected chi connectivity index (χ1v) is 7.86. The second-order valence-electron chi connectivity index (χ2n) is 6.17. The minimum atomic E-state index is 0.152. The minimum Gasteiger partial charge on any atom is -0.504 e. The van der Waals surface area contributed by atoms with Crippen molar-refractivity contribution in [1.29, 1.82) is 0 Å². The molecule has 0 aromatic heterocycles. The van der Waals surface area contributed by atoms with E-state index in [0.29, 0.717) is 5.75 Å². The summed E-state index contributed by atoms with van der Waals surface area (Å²) in [5, 5.41) is 13.8. The monoisotopic (exact) mass is 311 g/mol. The van der Waals surface area contributed by atoms with E-state index in [1.807, 2.05) is 6.07 Å². The van der Waals surface area contributed by atoms with Gasteiger partial charge in [0.25, 0.3) is 0 Å². The minimum absolute atomic E-state index is 0.152. The fourth-order valence-corrected chi connectivity index (χ4v) is 4.10. The van der Waals surface area contributed by atoms with E-state index in [2.05, 4.69) is 11.4 Å². The van der Waals surface area contributed by atoms with Crippen LogP contribution < -0.4 is 19.5 Å². The van der Waals surface area contributed by atoms with Crippen LogP contribution in [0.3, 0.4) is 0 Å². The summed E-state index contributed by atoms with van der Waals surface area (Å²) in [7, 11) is 1.59. The second-order valence-corrected chi connectivity index (χ2v) is 6.17. The van der Waals surface area contributed by atoms with Gasteiger partial charge < -0.3 is 24.6 Å². The van der Waals surface area contributed by atoms with Crippen molar-refractivity contribution in [2.45, 2.75) is 18.9 Å². The molecule has 5 nitrogen and oxygen atoms in total. The largest absolute Gasteiger partial charge is 0.504 e. The van der Waals surface area contributed by atoms with E-state index in [9.17, 15) is 5.11 Å². The first kappa shape index (κ1) is 13.1. The zero-order chi connectivity index (χ0) is 15.6. The third kappa shape index (κ3) is 1.65. The summed E-state index contributed by atoms with van der Waals surface area (Å²) in [6, 6.07) is 6.05. The molecule has 0 radical (unpaired) electrons. The SMILES string of the molecule is COc1c(O)ccc2c1-c1c3c(cc4c1[C@@H](C2)NCC4)OCO3. The van der Waals surface area contributed by atoms with Crippen molar-refractivity contribution < 1.29 is 19.3 Å². The van der Waals surface area contributed by atoms with Crippen molar-refractivity contribution in [3.8, 4) is 34.1 Å². The van der Waals surface area contributed by atoms with Crippen LogP contribution >= 0.6 is 0 Å². The number of hydrogen-bond donors (Lipinski definition) is 2. The molecule has 2 aromatic carbocycles. The van der Waals surface area contributed by atoms with Gasteiger partial charge in [-0.3, -0.25) is 0 Å². The number of fused-ring (bicyclic) bond motifs is 4. The van der Waals surface area contributed by atoms with E-state index in [1.165, 1.54) is 11.1 Å². The number of hydrogen-bond acceptors (Lipinski definition) is 5. The normalized spacial score (nSPS) is 20.0. The molecule has 23 heavy (non-hydrogen) atoms. The van der Waals surface area contributed by atoms with Crippen molar-refractivity contribution in [2.24, 2.45) is 0 Å². The molecule has 1 atom stereocenters. The average molecular weight is 311 g/mol. The zero-order valence-electron chi connectivity index (χ0n) is 12.8. The molecular formula is C18H17NO4. The van der Waals surface area contributed by atoms with Crippen LogP contribution in [0.15, 0.2) is 18.2 Å². The second kappa shape index (κ2) is 4.55. The maximum Gasteiger partial charge on any atom is 0.231 e. The summed E-state index contributed by atoms with van der Waals surface area (Å²) in [6.07, 6.45) is 1.84. The van der Waals surface area contributed by atoms with E-state index in [1.54, 1.807) is 13.2 Å². The first-order chi connectivity index (χ1) is 11.3. The summed E-state index contributed by atoms with van der Waals surface area (Å²) in [5.74, 6) is 2.22. The van der Waals surface area contributed by atoms with Crippen LogP contribution in [0.4, 0.5) is 0 Å². The van der Waals surface area contributed by atoms with Crippen LogP contribution in [0.5, 0.6) is 23.0 Å². The van der Waals surface area contributed by atoms with Crippen molar-refractivity contribution in [1.82, 2.24) is 5.32 Å². The third-order valence-electron chi connectivity index (χ3n) is 5.02. The number of benzene rings is 2. The molecule has 5 heteroatoms. The number of aromatic hydroxyl groups is 1. The van der Waals surface area contributed by atoms with Gasteiger partial charge in [0, 0.05) is 17.2 Å². The lowest BCUT2D eigenvalue weighted by Crippen LogP contribution is -2.33. The fraction of sp³-hybridized carbons (Fsp3) is 0.333. The van der Waals surface area contributed by atoms with Crippen LogP contribution in [0.25, 0.3) is 11.1 Å². The van der Waals surface area contributed by atoms with Gasteiger partial charge in [-0.15, -0.1) is 0 Å². The Bertz CT molecular complexity index is 831. The fourth-order valence-electron chi connectivity index (χ4n) is 4.10. The predicted molar refractivity (Wildman–Crippen MR) is 84.4 cm³/mol. The van der Waals surface area contributed by atoms with E-state index in [-0.39, 0.29) is 18.6 Å². The number of methoxy groups -OCH3 is 1. The lowest BCUT2D eigenvalue weighted by molar-refractivity contribution is 0.174. The smallest absolute Gasteiger partial charge is 0.231 e. The summed E-state index contributed by atoms with van der Waals surface area (Å²) in [5.41, 5.74) is 5.66. The third-order valence-corrected chi connectivity index (χ3v) is 5.02. The number of ether oxygens (including phenoxy) is 3. The lowest BCUT2D eigenvalue weighted by Gasteiger charge is -2.35. The number of nitrogens with one attached hydrogen (secondary N) is 1. The Morgan fingerprint density at radius 2 is 2.13 bits per heavy atom. The van der Waals surface area contributed by atoms with E-state index >= 15 is 0 Å². The molecule has 5 rings (SSSR count).